The van der Waals surface area contributed by atoms with E-state index in [-0.39, 0.29) is 0 Å². The zero-order valence-corrected chi connectivity index (χ0v) is 13.0. The molecule has 1 fully saturated rings. The number of ether oxygens (including phenoxy) is 2. The lowest BCUT2D eigenvalue weighted by Gasteiger charge is -2.12. The second-order valence-electron chi connectivity index (χ2n) is 4.92. The third kappa shape index (κ3) is 4.79. The van der Waals surface area contributed by atoms with Crippen molar-refractivity contribution in [1.82, 2.24) is 5.32 Å². The lowest BCUT2D eigenvalue weighted by molar-refractivity contribution is 0.0603. The predicted octanol–water partition coefficient (Wildman–Crippen LogP) is 3.51. The fourth-order valence-corrected chi connectivity index (χ4v) is 2.99. The highest BCUT2D eigenvalue weighted by atomic mass is 79.9. The second kappa shape index (κ2) is 7.88. The zero-order valence-electron chi connectivity index (χ0n) is 11.5. The second-order valence-corrected chi connectivity index (χ2v) is 5.78. The van der Waals surface area contributed by atoms with Crippen LogP contribution in [0.3, 0.4) is 0 Å². The van der Waals surface area contributed by atoms with E-state index >= 15 is 0 Å². The Morgan fingerprint density at radius 3 is 2.79 bits per heavy atom. The molecule has 0 atom stereocenters. The molecule has 1 aromatic rings. The minimum absolute atomic E-state index is 0.511. The molecule has 0 aliphatic heterocycles. The van der Waals surface area contributed by atoms with E-state index in [4.69, 9.17) is 9.47 Å². The zero-order chi connectivity index (χ0) is 13.5. The molecule has 0 heterocycles. The SMILES string of the molecule is COc1ccc(CNCCOC2CCCC2)cc1Br. The summed E-state index contributed by atoms with van der Waals surface area (Å²) < 4.78 is 12.0. The number of rotatable bonds is 7. The third-order valence-corrected chi connectivity index (χ3v) is 4.10. The molecule has 1 saturated carbocycles. The van der Waals surface area contributed by atoms with Gasteiger partial charge in [-0.2, -0.15) is 0 Å². The minimum Gasteiger partial charge on any atom is -0.496 e. The molecule has 0 bridgehead atoms. The molecule has 0 radical (unpaired) electrons. The van der Waals surface area contributed by atoms with E-state index < -0.39 is 0 Å². The van der Waals surface area contributed by atoms with Gasteiger partial charge in [-0.05, 0) is 46.5 Å². The minimum atomic E-state index is 0.511. The molecule has 4 heteroatoms. The number of hydrogen-bond acceptors (Lipinski definition) is 3. The number of nitrogens with one attached hydrogen (secondary N) is 1. The van der Waals surface area contributed by atoms with Crippen molar-refractivity contribution in [1.29, 1.82) is 0 Å². The van der Waals surface area contributed by atoms with Gasteiger partial charge in [0.1, 0.15) is 5.75 Å². The van der Waals surface area contributed by atoms with Crippen molar-refractivity contribution in [2.24, 2.45) is 0 Å². The lowest BCUT2D eigenvalue weighted by Crippen LogP contribution is -2.21. The van der Waals surface area contributed by atoms with Crippen LogP contribution in [0.15, 0.2) is 22.7 Å². The van der Waals surface area contributed by atoms with E-state index in [9.17, 15) is 0 Å². The molecule has 0 spiro atoms. The van der Waals surface area contributed by atoms with Crippen molar-refractivity contribution >= 4 is 15.9 Å². The van der Waals surface area contributed by atoms with E-state index in [0.29, 0.717) is 6.10 Å². The third-order valence-electron chi connectivity index (χ3n) is 3.48. The highest BCUT2D eigenvalue weighted by Gasteiger charge is 2.14. The Morgan fingerprint density at radius 1 is 1.32 bits per heavy atom. The maximum Gasteiger partial charge on any atom is 0.133 e. The summed E-state index contributed by atoms with van der Waals surface area (Å²) in [6.45, 7) is 2.57. The molecule has 0 aromatic heterocycles. The fraction of sp³-hybridized carbons (Fsp3) is 0.600. The number of hydrogen-bond donors (Lipinski definition) is 1. The van der Waals surface area contributed by atoms with E-state index in [0.717, 1.165) is 29.9 Å². The van der Waals surface area contributed by atoms with Gasteiger partial charge in [-0.1, -0.05) is 18.9 Å². The predicted molar refractivity (Wildman–Crippen MR) is 80.6 cm³/mol. The topological polar surface area (TPSA) is 30.5 Å². The van der Waals surface area contributed by atoms with Crippen LogP contribution >= 0.6 is 15.9 Å². The van der Waals surface area contributed by atoms with Gasteiger partial charge in [-0.15, -0.1) is 0 Å². The molecule has 0 saturated heterocycles. The highest BCUT2D eigenvalue weighted by molar-refractivity contribution is 9.10. The average molecular weight is 328 g/mol. The van der Waals surface area contributed by atoms with Crippen molar-refractivity contribution in [3.63, 3.8) is 0 Å². The van der Waals surface area contributed by atoms with E-state index in [2.05, 4.69) is 33.4 Å². The molecule has 0 unspecified atom stereocenters. The summed E-state index contributed by atoms with van der Waals surface area (Å²) in [5, 5.41) is 3.40. The van der Waals surface area contributed by atoms with Crippen LogP contribution in [-0.2, 0) is 11.3 Å². The summed E-state index contributed by atoms with van der Waals surface area (Å²) >= 11 is 3.50. The van der Waals surface area contributed by atoms with Gasteiger partial charge in [0.05, 0.1) is 24.3 Å². The van der Waals surface area contributed by atoms with Crippen LogP contribution in [0, 0.1) is 0 Å². The highest BCUT2D eigenvalue weighted by Crippen LogP contribution is 2.25. The van der Waals surface area contributed by atoms with Crippen molar-refractivity contribution in [2.75, 3.05) is 20.3 Å². The summed E-state index contributed by atoms with van der Waals surface area (Å²) in [5.74, 6) is 0.869. The van der Waals surface area contributed by atoms with Gasteiger partial charge < -0.3 is 14.8 Å². The van der Waals surface area contributed by atoms with Gasteiger partial charge in [-0.25, -0.2) is 0 Å². The van der Waals surface area contributed by atoms with Gasteiger partial charge in [0.15, 0.2) is 0 Å². The Labute approximate surface area is 123 Å². The molecular weight excluding hydrogens is 306 g/mol. The summed E-state index contributed by atoms with van der Waals surface area (Å²) in [6.07, 6.45) is 5.66. The number of methoxy groups -OCH3 is 1. The summed E-state index contributed by atoms with van der Waals surface area (Å²) in [5.41, 5.74) is 1.24. The molecule has 3 nitrogen and oxygen atoms in total. The summed E-state index contributed by atoms with van der Waals surface area (Å²) in [7, 11) is 1.68. The Kier molecular flexibility index (Phi) is 6.14. The Morgan fingerprint density at radius 2 is 2.11 bits per heavy atom. The first-order valence-electron chi connectivity index (χ1n) is 6.94. The Hall–Kier alpha value is -0.580. The molecule has 1 N–H and O–H groups in total. The quantitative estimate of drug-likeness (QED) is 0.777. The molecular formula is C15H22BrNO2. The maximum absolute atomic E-state index is 5.81. The Bertz CT molecular complexity index is 392. The van der Waals surface area contributed by atoms with Crippen molar-refractivity contribution in [3.8, 4) is 5.75 Å². The molecule has 1 aliphatic carbocycles. The van der Waals surface area contributed by atoms with Crippen LogP contribution in [0.1, 0.15) is 31.2 Å². The molecule has 106 valence electrons. The monoisotopic (exact) mass is 327 g/mol. The van der Waals surface area contributed by atoms with E-state index in [1.807, 2.05) is 6.07 Å². The first-order valence-corrected chi connectivity index (χ1v) is 7.73. The molecule has 0 amide bonds. The molecule has 1 aromatic carbocycles. The fourth-order valence-electron chi connectivity index (χ4n) is 2.41. The van der Waals surface area contributed by atoms with E-state index in [1.54, 1.807) is 7.11 Å². The van der Waals surface area contributed by atoms with Gasteiger partial charge in [0.25, 0.3) is 0 Å². The van der Waals surface area contributed by atoms with Gasteiger partial charge in [0, 0.05) is 13.1 Å². The van der Waals surface area contributed by atoms with Crippen LogP contribution in [-0.4, -0.2) is 26.4 Å². The molecule has 1 aliphatic rings. The smallest absolute Gasteiger partial charge is 0.133 e. The van der Waals surface area contributed by atoms with Crippen LogP contribution in [0.2, 0.25) is 0 Å². The Balaban J connectivity index is 1.63. The van der Waals surface area contributed by atoms with Crippen LogP contribution < -0.4 is 10.1 Å². The van der Waals surface area contributed by atoms with Gasteiger partial charge in [-0.3, -0.25) is 0 Å². The number of benzene rings is 1. The molecule has 19 heavy (non-hydrogen) atoms. The molecule has 2 rings (SSSR count). The maximum atomic E-state index is 5.81. The van der Waals surface area contributed by atoms with Crippen molar-refractivity contribution < 1.29 is 9.47 Å². The van der Waals surface area contributed by atoms with Gasteiger partial charge in [0.2, 0.25) is 0 Å². The number of halogens is 1. The summed E-state index contributed by atoms with van der Waals surface area (Å²) in [4.78, 5) is 0. The largest absolute Gasteiger partial charge is 0.496 e. The standard InChI is InChI=1S/C15H22BrNO2/c1-18-15-7-6-12(10-14(15)16)11-17-8-9-19-13-4-2-3-5-13/h6-7,10,13,17H,2-5,8-9,11H2,1H3. The van der Waals surface area contributed by atoms with Gasteiger partial charge >= 0.3 is 0 Å². The van der Waals surface area contributed by atoms with E-state index in [1.165, 1.54) is 31.2 Å². The van der Waals surface area contributed by atoms with Crippen molar-refractivity contribution in [2.45, 2.75) is 38.3 Å². The average Bonchev–Trinajstić information content (AvgIpc) is 2.92. The summed E-state index contributed by atoms with van der Waals surface area (Å²) in [6, 6.07) is 6.15. The first kappa shape index (κ1) is 14.8. The van der Waals surface area contributed by atoms with Crippen LogP contribution in [0.4, 0.5) is 0 Å². The van der Waals surface area contributed by atoms with Crippen molar-refractivity contribution in [3.05, 3.63) is 28.2 Å². The van der Waals surface area contributed by atoms with Crippen LogP contribution in [0.5, 0.6) is 5.75 Å². The normalized spacial score (nSPS) is 15.9. The first-order chi connectivity index (χ1) is 9.29. The van der Waals surface area contributed by atoms with Crippen LogP contribution in [0.25, 0.3) is 0 Å². The lowest BCUT2D eigenvalue weighted by atomic mass is 10.2.